The maximum atomic E-state index is 6.56. The molecule has 0 aliphatic heterocycles. The number of para-hydroxylation sites is 1. The van der Waals surface area contributed by atoms with Crippen molar-refractivity contribution in [1.29, 1.82) is 0 Å². The minimum atomic E-state index is 0.881. The summed E-state index contributed by atoms with van der Waals surface area (Å²) in [6.07, 6.45) is 0. The van der Waals surface area contributed by atoms with Crippen molar-refractivity contribution in [2.24, 2.45) is 0 Å². The molecule has 2 nitrogen and oxygen atoms in total. The van der Waals surface area contributed by atoms with Crippen molar-refractivity contribution in [3.63, 3.8) is 0 Å². The Kier molecular flexibility index (Phi) is 7.89. The molecule has 0 bridgehead atoms. The van der Waals surface area contributed by atoms with Crippen molar-refractivity contribution in [3.05, 3.63) is 224 Å². The van der Waals surface area contributed by atoms with E-state index in [0.29, 0.717) is 0 Å². The van der Waals surface area contributed by atoms with Gasteiger partial charge in [-0.05, 0) is 132 Å². The van der Waals surface area contributed by atoms with Crippen LogP contribution in [0.3, 0.4) is 0 Å². The first-order valence-corrected chi connectivity index (χ1v) is 20.6. The van der Waals surface area contributed by atoms with E-state index in [1.807, 2.05) is 0 Å². The molecular weight excluding hydrogens is 727 g/mol. The second-order valence-electron chi connectivity index (χ2n) is 15.7. The molecule has 11 aromatic carbocycles. The van der Waals surface area contributed by atoms with Crippen LogP contribution in [0.2, 0.25) is 0 Å². The Morgan fingerprint density at radius 2 is 0.800 bits per heavy atom. The summed E-state index contributed by atoms with van der Waals surface area (Å²) in [6, 6.07) is 81.4. The second-order valence-corrected chi connectivity index (χ2v) is 15.7. The van der Waals surface area contributed by atoms with Gasteiger partial charge >= 0.3 is 0 Å². The van der Waals surface area contributed by atoms with Gasteiger partial charge in [-0.25, -0.2) is 0 Å². The van der Waals surface area contributed by atoms with Gasteiger partial charge in [-0.1, -0.05) is 164 Å². The van der Waals surface area contributed by atoms with Crippen molar-refractivity contribution in [2.45, 2.75) is 0 Å². The van der Waals surface area contributed by atoms with Crippen LogP contribution >= 0.6 is 0 Å². The molecule has 1 aromatic heterocycles. The molecule has 12 aromatic rings. The molecule has 0 saturated carbocycles. The molecule has 1 heterocycles. The summed E-state index contributed by atoms with van der Waals surface area (Å²) in [5.41, 5.74) is 12.0. The van der Waals surface area contributed by atoms with Crippen LogP contribution in [0.25, 0.3) is 98.4 Å². The normalized spacial score (nSPS) is 11.7. The highest BCUT2D eigenvalue weighted by atomic mass is 16.3. The average molecular weight is 764 g/mol. The van der Waals surface area contributed by atoms with Crippen LogP contribution in [-0.4, -0.2) is 0 Å². The maximum absolute atomic E-state index is 6.56. The van der Waals surface area contributed by atoms with E-state index >= 15 is 0 Å². The van der Waals surface area contributed by atoms with Gasteiger partial charge in [0.2, 0.25) is 0 Å². The Morgan fingerprint density at radius 1 is 0.283 bits per heavy atom. The molecule has 0 fully saturated rings. The second kappa shape index (κ2) is 13.9. The highest BCUT2D eigenvalue weighted by molar-refractivity contribution is 6.17. The van der Waals surface area contributed by atoms with Gasteiger partial charge in [0.25, 0.3) is 0 Å². The van der Waals surface area contributed by atoms with Gasteiger partial charge in [-0.3, -0.25) is 0 Å². The third-order valence-electron chi connectivity index (χ3n) is 12.2. The lowest BCUT2D eigenvalue weighted by molar-refractivity contribution is 0.669. The number of anilines is 3. The number of benzene rings is 11. The number of furan rings is 1. The van der Waals surface area contributed by atoms with E-state index in [4.69, 9.17) is 4.42 Å². The fourth-order valence-electron chi connectivity index (χ4n) is 9.23. The Labute approximate surface area is 347 Å². The molecule has 0 radical (unpaired) electrons. The molecule has 0 saturated heterocycles. The first-order chi connectivity index (χ1) is 29.7. The Hall–Kier alpha value is -7.94. The lowest BCUT2D eigenvalue weighted by atomic mass is 9.95. The largest absolute Gasteiger partial charge is 0.456 e. The molecule has 0 aliphatic rings. The maximum Gasteiger partial charge on any atom is 0.136 e. The summed E-state index contributed by atoms with van der Waals surface area (Å²) in [5, 5.41) is 12.2. The average Bonchev–Trinajstić information content (AvgIpc) is 3.68. The monoisotopic (exact) mass is 763 g/mol. The minimum Gasteiger partial charge on any atom is -0.456 e. The summed E-state index contributed by atoms with van der Waals surface area (Å²) < 4.78 is 6.56. The molecule has 0 unspecified atom stereocenters. The molecule has 280 valence electrons. The summed E-state index contributed by atoms with van der Waals surface area (Å²) in [6.45, 7) is 0. The number of hydrogen-bond donors (Lipinski definition) is 0. The van der Waals surface area contributed by atoms with Gasteiger partial charge in [0.1, 0.15) is 11.2 Å². The fraction of sp³-hybridized carbons (Fsp3) is 0. The van der Waals surface area contributed by atoms with Crippen LogP contribution in [0, 0.1) is 0 Å². The zero-order valence-corrected chi connectivity index (χ0v) is 32.7. The first kappa shape index (κ1) is 34.1. The lowest BCUT2D eigenvalue weighted by Crippen LogP contribution is -2.11. The van der Waals surface area contributed by atoms with Gasteiger partial charge in [0.15, 0.2) is 0 Å². The van der Waals surface area contributed by atoms with Crippen molar-refractivity contribution in [3.8, 4) is 33.4 Å². The highest BCUT2D eigenvalue weighted by Crippen LogP contribution is 2.46. The molecule has 2 heteroatoms. The summed E-state index contributed by atoms with van der Waals surface area (Å²) in [4.78, 5) is 2.40. The Bertz CT molecular complexity index is 3600. The summed E-state index contributed by atoms with van der Waals surface area (Å²) in [7, 11) is 0. The van der Waals surface area contributed by atoms with Crippen LogP contribution in [0.4, 0.5) is 17.1 Å². The van der Waals surface area contributed by atoms with Gasteiger partial charge in [-0.2, -0.15) is 0 Å². The molecule has 0 N–H and O–H groups in total. The van der Waals surface area contributed by atoms with Crippen LogP contribution in [-0.2, 0) is 0 Å². The van der Waals surface area contributed by atoms with Crippen molar-refractivity contribution < 1.29 is 4.42 Å². The molecule has 60 heavy (non-hydrogen) atoms. The van der Waals surface area contributed by atoms with Gasteiger partial charge in [-0.15, -0.1) is 0 Å². The predicted molar refractivity (Wildman–Crippen MR) is 255 cm³/mol. The standard InChI is InChI=1S/C58H37NO/c1-2-12-42-34-45(22-20-38(42)10-1)39-24-29-48(30-25-39)59(49-31-26-40(27-32-49)46-28-33-51-47(35-46)23-21-41-11-5-6-15-50(41)51)55-18-8-7-16-52(55)53-17-9-19-56-58(53)54-36-43-13-3-4-14-44(43)37-57(54)60-56/h1-37H. The topological polar surface area (TPSA) is 16.4 Å². The van der Waals surface area contributed by atoms with Crippen molar-refractivity contribution in [2.75, 3.05) is 4.90 Å². The smallest absolute Gasteiger partial charge is 0.136 e. The van der Waals surface area contributed by atoms with Crippen molar-refractivity contribution >= 4 is 82.1 Å². The summed E-state index contributed by atoms with van der Waals surface area (Å²) in [5.74, 6) is 0. The Balaban J connectivity index is 1.00. The van der Waals surface area contributed by atoms with Gasteiger partial charge in [0, 0.05) is 27.7 Å². The van der Waals surface area contributed by atoms with E-state index in [0.717, 1.165) is 50.1 Å². The van der Waals surface area contributed by atoms with Gasteiger partial charge in [0.05, 0.1) is 5.69 Å². The van der Waals surface area contributed by atoms with E-state index in [1.165, 1.54) is 65.3 Å². The van der Waals surface area contributed by atoms with E-state index in [9.17, 15) is 0 Å². The molecule has 12 rings (SSSR count). The SMILES string of the molecule is c1ccc(N(c2ccc(-c3ccc4ccccc4c3)cc2)c2ccc(-c3ccc4c(ccc5ccccc54)c3)cc2)c(-c2cccc3oc4cc5ccccc5cc4c23)c1. The number of nitrogens with zero attached hydrogens (tertiary/aromatic N) is 1. The van der Waals surface area contributed by atoms with Gasteiger partial charge < -0.3 is 9.32 Å². The minimum absolute atomic E-state index is 0.881. The first-order valence-electron chi connectivity index (χ1n) is 20.6. The van der Waals surface area contributed by atoms with E-state index < -0.39 is 0 Å². The quantitative estimate of drug-likeness (QED) is 0.157. The Morgan fingerprint density at radius 3 is 1.55 bits per heavy atom. The lowest BCUT2D eigenvalue weighted by Gasteiger charge is -2.28. The van der Waals surface area contributed by atoms with E-state index in [2.05, 4.69) is 229 Å². The zero-order valence-electron chi connectivity index (χ0n) is 32.7. The van der Waals surface area contributed by atoms with Crippen LogP contribution < -0.4 is 4.90 Å². The fourth-order valence-corrected chi connectivity index (χ4v) is 9.23. The van der Waals surface area contributed by atoms with Crippen LogP contribution in [0.5, 0.6) is 0 Å². The molecule has 0 aliphatic carbocycles. The number of fused-ring (bicyclic) bond motifs is 8. The molecule has 0 spiro atoms. The molecule has 0 atom stereocenters. The molecule has 0 amide bonds. The number of hydrogen-bond acceptors (Lipinski definition) is 2. The van der Waals surface area contributed by atoms with Crippen molar-refractivity contribution in [1.82, 2.24) is 0 Å². The molecular formula is C58H37NO. The van der Waals surface area contributed by atoms with Crippen LogP contribution in [0.15, 0.2) is 229 Å². The van der Waals surface area contributed by atoms with E-state index in [1.54, 1.807) is 0 Å². The van der Waals surface area contributed by atoms with E-state index in [-0.39, 0.29) is 0 Å². The third-order valence-corrected chi connectivity index (χ3v) is 12.2. The number of rotatable bonds is 6. The predicted octanol–water partition coefficient (Wildman–Crippen LogP) is 16.7. The van der Waals surface area contributed by atoms with Crippen LogP contribution in [0.1, 0.15) is 0 Å². The third kappa shape index (κ3) is 5.73. The highest BCUT2D eigenvalue weighted by Gasteiger charge is 2.21. The zero-order chi connectivity index (χ0) is 39.6. The summed E-state index contributed by atoms with van der Waals surface area (Å²) >= 11 is 0.